The Labute approximate surface area is 163 Å². The molecule has 2 aromatic carbocycles. The molecule has 0 spiro atoms. The fraction of sp³-hybridized carbons (Fsp3) is 0.304. The van der Waals surface area contributed by atoms with Crippen LogP contribution in [0.1, 0.15) is 53.6 Å². The Morgan fingerprint density at radius 1 is 1.07 bits per heavy atom. The van der Waals surface area contributed by atoms with Crippen LogP contribution in [0.25, 0.3) is 11.0 Å². The minimum atomic E-state index is -0.445. The fourth-order valence-electron chi connectivity index (χ4n) is 3.87. The fourth-order valence-corrected chi connectivity index (χ4v) is 3.87. The average molecular weight is 377 g/mol. The van der Waals surface area contributed by atoms with Gasteiger partial charge in [0.15, 0.2) is 5.43 Å². The molecule has 0 bridgehead atoms. The van der Waals surface area contributed by atoms with Gasteiger partial charge >= 0.3 is 0 Å². The molecule has 1 amide bonds. The summed E-state index contributed by atoms with van der Waals surface area (Å²) >= 11 is 0. The van der Waals surface area contributed by atoms with Gasteiger partial charge in [0.05, 0.1) is 23.6 Å². The predicted octanol–water partition coefficient (Wildman–Crippen LogP) is 4.46. The number of rotatable bonds is 5. The summed E-state index contributed by atoms with van der Waals surface area (Å²) in [6.07, 6.45) is 0.792. The summed E-state index contributed by atoms with van der Waals surface area (Å²) < 4.78 is 11.4. The molecule has 0 aliphatic carbocycles. The van der Waals surface area contributed by atoms with E-state index in [0.717, 1.165) is 23.3 Å². The molecule has 0 fully saturated rings. The molecule has 1 aliphatic rings. The molecule has 0 N–H and O–H groups in total. The summed E-state index contributed by atoms with van der Waals surface area (Å²) in [6.45, 7) is 7.02. The first-order valence-corrected chi connectivity index (χ1v) is 9.66. The van der Waals surface area contributed by atoms with Crippen LogP contribution in [-0.2, 0) is 0 Å². The number of nitrogens with zero attached hydrogens (tertiary/aromatic N) is 1. The van der Waals surface area contributed by atoms with Crippen LogP contribution in [0.2, 0.25) is 0 Å². The Kier molecular flexibility index (Phi) is 4.67. The number of aryl methyl sites for hydroxylation is 1. The van der Waals surface area contributed by atoms with Crippen molar-refractivity contribution in [3.05, 3.63) is 75.1 Å². The smallest absolute Gasteiger partial charge is 0.290 e. The maximum atomic E-state index is 13.4. The zero-order valence-corrected chi connectivity index (χ0v) is 16.3. The molecule has 1 aromatic heterocycles. The van der Waals surface area contributed by atoms with Gasteiger partial charge in [0.2, 0.25) is 5.76 Å². The van der Waals surface area contributed by atoms with Gasteiger partial charge < -0.3 is 14.1 Å². The third-order valence-corrected chi connectivity index (χ3v) is 5.09. The van der Waals surface area contributed by atoms with Gasteiger partial charge in [0, 0.05) is 6.54 Å². The molecule has 3 aromatic rings. The van der Waals surface area contributed by atoms with E-state index >= 15 is 0 Å². The highest BCUT2D eigenvalue weighted by atomic mass is 16.5. The van der Waals surface area contributed by atoms with E-state index in [1.807, 2.05) is 57.2 Å². The highest BCUT2D eigenvalue weighted by molar-refractivity contribution is 5.99. The van der Waals surface area contributed by atoms with E-state index < -0.39 is 6.04 Å². The van der Waals surface area contributed by atoms with Gasteiger partial charge in [0.25, 0.3) is 5.91 Å². The lowest BCUT2D eigenvalue weighted by molar-refractivity contribution is 0.0728. The van der Waals surface area contributed by atoms with Gasteiger partial charge in [-0.2, -0.15) is 0 Å². The lowest BCUT2D eigenvalue weighted by Gasteiger charge is -2.24. The molecule has 4 rings (SSSR count). The SMILES string of the molecule is CCCN1C(=O)c2oc3ccc(C)cc3c(=O)c2[C@@H]1c1ccc(OCC)cc1. The molecule has 0 saturated carbocycles. The van der Waals surface area contributed by atoms with E-state index in [0.29, 0.717) is 29.7 Å². The maximum absolute atomic E-state index is 13.4. The van der Waals surface area contributed by atoms with Crippen molar-refractivity contribution in [3.8, 4) is 5.75 Å². The van der Waals surface area contributed by atoms with Crippen molar-refractivity contribution < 1.29 is 13.9 Å². The predicted molar refractivity (Wildman–Crippen MR) is 108 cm³/mol. The van der Waals surface area contributed by atoms with E-state index in [2.05, 4.69) is 0 Å². The van der Waals surface area contributed by atoms with Crippen LogP contribution in [0.3, 0.4) is 0 Å². The van der Waals surface area contributed by atoms with Crippen molar-refractivity contribution in [2.45, 2.75) is 33.2 Å². The topological polar surface area (TPSA) is 59.8 Å². The van der Waals surface area contributed by atoms with Crippen LogP contribution in [-0.4, -0.2) is 24.0 Å². The standard InChI is InChI=1S/C23H23NO4/c1-4-12-24-20(15-7-9-16(10-8-15)27-5-2)19-21(25)17-13-14(3)6-11-18(17)28-22(19)23(24)26/h6-11,13,20H,4-5,12H2,1-3H3/t20-/m0/s1. The van der Waals surface area contributed by atoms with Crippen molar-refractivity contribution in [2.75, 3.05) is 13.2 Å². The second-order valence-electron chi connectivity index (χ2n) is 7.08. The second kappa shape index (κ2) is 7.15. The number of carbonyl (C=O) groups is 1. The first-order valence-electron chi connectivity index (χ1n) is 9.66. The van der Waals surface area contributed by atoms with Crippen LogP contribution in [0.5, 0.6) is 5.75 Å². The molecule has 0 saturated heterocycles. The molecular weight excluding hydrogens is 354 g/mol. The summed E-state index contributed by atoms with van der Waals surface area (Å²) in [4.78, 5) is 28.2. The third kappa shape index (κ3) is 2.87. The summed E-state index contributed by atoms with van der Waals surface area (Å²) in [5, 5.41) is 0.515. The Hall–Kier alpha value is -3.08. The molecule has 1 aliphatic heterocycles. The van der Waals surface area contributed by atoms with Crippen molar-refractivity contribution in [1.82, 2.24) is 4.90 Å². The van der Waals surface area contributed by atoms with E-state index in [4.69, 9.17) is 9.15 Å². The van der Waals surface area contributed by atoms with Gasteiger partial charge in [-0.05, 0) is 50.1 Å². The molecule has 5 heteroatoms. The molecule has 28 heavy (non-hydrogen) atoms. The minimum absolute atomic E-state index is 0.134. The zero-order chi connectivity index (χ0) is 19.8. The van der Waals surface area contributed by atoms with Gasteiger partial charge in [-0.15, -0.1) is 0 Å². The van der Waals surface area contributed by atoms with Gasteiger partial charge in [-0.25, -0.2) is 0 Å². The number of hydrogen-bond acceptors (Lipinski definition) is 4. The summed E-state index contributed by atoms with van der Waals surface area (Å²) in [5.74, 6) is 0.697. The number of benzene rings is 2. The molecule has 144 valence electrons. The Morgan fingerprint density at radius 2 is 1.82 bits per heavy atom. The van der Waals surface area contributed by atoms with E-state index in [1.165, 1.54) is 0 Å². The number of hydrogen-bond donors (Lipinski definition) is 0. The lowest BCUT2D eigenvalue weighted by Crippen LogP contribution is -2.30. The first-order chi connectivity index (χ1) is 13.5. The number of amides is 1. The average Bonchev–Trinajstić information content (AvgIpc) is 2.96. The van der Waals surface area contributed by atoms with Crippen LogP contribution in [0, 0.1) is 6.92 Å². The van der Waals surface area contributed by atoms with Crippen molar-refractivity contribution in [3.63, 3.8) is 0 Å². The molecule has 2 heterocycles. The highest BCUT2D eigenvalue weighted by Gasteiger charge is 2.42. The van der Waals surface area contributed by atoms with Gasteiger partial charge in [0.1, 0.15) is 11.3 Å². The van der Waals surface area contributed by atoms with Crippen LogP contribution >= 0.6 is 0 Å². The molecule has 1 atom stereocenters. The Morgan fingerprint density at radius 3 is 2.50 bits per heavy atom. The largest absolute Gasteiger partial charge is 0.494 e. The van der Waals surface area contributed by atoms with E-state index in [-0.39, 0.29) is 17.1 Å². The normalized spacial score (nSPS) is 15.9. The Balaban J connectivity index is 1.92. The quantitative estimate of drug-likeness (QED) is 0.659. The summed E-state index contributed by atoms with van der Waals surface area (Å²) in [5.41, 5.74) is 2.61. The second-order valence-corrected chi connectivity index (χ2v) is 7.08. The highest BCUT2D eigenvalue weighted by Crippen LogP contribution is 2.38. The van der Waals surface area contributed by atoms with Crippen LogP contribution < -0.4 is 10.2 Å². The zero-order valence-electron chi connectivity index (χ0n) is 16.3. The first kappa shape index (κ1) is 18.3. The van der Waals surface area contributed by atoms with Crippen molar-refractivity contribution >= 4 is 16.9 Å². The monoisotopic (exact) mass is 377 g/mol. The van der Waals surface area contributed by atoms with Crippen LogP contribution in [0.15, 0.2) is 51.7 Å². The summed E-state index contributed by atoms with van der Waals surface area (Å²) in [6, 6.07) is 12.6. The van der Waals surface area contributed by atoms with Gasteiger partial charge in [-0.1, -0.05) is 30.7 Å². The minimum Gasteiger partial charge on any atom is -0.494 e. The lowest BCUT2D eigenvalue weighted by atomic mass is 9.98. The van der Waals surface area contributed by atoms with E-state index in [1.54, 1.807) is 11.0 Å². The van der Waals surface area contributed by atoms with E-state index in [9.17, 15) is 9.59 Å². The van der Waals surface area contributed by atoms with Crippen molar-refractivity contribution in [2.24, 2.45) is 0 Å². The maximum Gasteiger partial charge on any atom is 0.290 e. The number of carbonyl (C=O) groups excluding carboxylic acids is 1. The number of fused-ring (bicyclic) bond motifs is 2. The van der Waals surface area contributed by atoms with Crippen LogP contribution in [0.4, 0.5) is 0 Å². The van der Waals surface area contributed by atoms with Crippen molar-refractivity contribution in [1.29, 1.82) is 0 Å². The Bertz CT molecular complexity index is 1100. The molecule has 0 radical (unpaired) electrons. The molecular formula is C23H23NO4. The molecule has 0 unspecified atom stereocenters. The summed E-state index contributed by atoms with van der Waals surface area (Å²) in [7, 11) is 0. The molecule has 5 nitrogen and oxygen atoms in total. The van der Waals surface area contributed by atoms with Gasteiger partial charge in [-0.3, -0.25) is 9.59 Å². The number of ether oxygens (including phenoxy) is 1. The third-order valence-electron chi connectivity index (χ3n) is 5.09.